The molecule has 0 radical (unpaired) electrons. The normalized spacial score (nSPS) is 20.5. The Kier molecular flexibility index (Phi) is 3.26. The predicted molar refractivity (Wildman–Crippen MR) is 80.9 cm³/mol. The van der Waals surface area contributed by atoms with Crippen molar-refractivity contribution in [2.45, 2.75) is 32.7 Å². The fourth-order valence-corrected chi connectivity index (χ4v) is 3.80. The van der Waals surface area contributed by atoms with Gasteiger partial charge in [0, 0.05) is 17.0 Å². The third-order valence-corrected chi connectivity index (χ3v) is 4.89. The molecule has 2 aromatic rings. The van der Waals surface area contributed by atoms with Crippen molar-refractivity contribution in [3.8, 4) is 16.6 Å². The van der Waals surface area contributed by atoms with Crippen LogP contribution >= 0.6 is 11.3 Å². The lowest BCUT2D eigenvalue weighted by Crippen LogP contribution is -2.28. The minimum absolute atomic E-state index is 0.0885. The molecular weight excluding hydrogens is 270 g/mol. The van der Waals surface area contributed by atoms with Gasteiger partial charge < -0.3 is 10.5 Å². The van der Waals surface area contributed by atoms with Crippen LogP contribution in [0.4, 0.5) is 0 Å². The summed E-state index contributed by atoms with van der Waals surface area (Å²) in [6.07, 6.45) is 1.99. The Balaban J connectivity index is 2.01. The summed E-state index contributed by atoms with van der Waals surface area (Å²) in [4.78, 5) is 10.4. The van der Waals surface area contributed by atoms with Crippen molar-refractivity contribution < 1.29 is 4.74 Å². The van der Waals surface area contributed by atoms with E-state index in [0.717, 1.165) is 29.2 Å². The molecule has 0 aromatic carbocycles. The van der Waals surface area contributed by atoms with Gasteiger partial charge in [-0.25, -0.2) is 9.97 Å². The highest BCUT2D eigenvalue weighted by atomic mass is 32.1. The van der Waals surface area contributed by atoms with Crippen molar-refractivity contribution in [2.24, 2.45) is 11.1 Å². The number of nitrogens with zero attached hydrogens (tertiary/aromatic N) is 2. The van der Waals surface area contributed by atoms with Crippen LogP contribution in [0.1, 0.15) is 36.9 Å². The minimum Gasteiger partial charge on any atom is -0.481 e. The average molecular weight is 289 g/mol. The van der Waals surface area contributed by atoms with Crippen molar-refractivity contribution in [2.75, 3.05) is 7.11 Å². The van der Waals surface area contributed by atoms with Gasteiger partial charge in [0.2, 0.25) is 5.88 Å². The number of rotatable bonds is 2. The maximum atomic E-state index is 6.29. The predicted octanol–water partition coefficient (Wildman–Crippen LogP) is 3.19. The van der Waals surface area contributed by atoms with Gasteiger partial charge in [0.25, 0.3) is 0 Å². The maximum Gasteiger partial charge on any atom is 0.213 e. The first-order valence-corrected chi connectivity index (χ1v) is 7.57. The zero-order chi connectivity index (χ0) is 14.3. The van der Waals surface area contributed by atoms with E-state index in [2.05, 4.69) is 18.8 Å². The second kappa shape index (κ2) is 4.82. The molecule has 0 fully saturated rings. The van der Waals surface area contributed by atoms with Crippen LogP contribution in [0.15, 0.2) is 18.2 Å². The lowest BCUT2D eigenvalue weighted by atomic mass is 9.77. The molecule has 0 saturated heterocycles. The third kappa shape index (κ3) is 2.43. The van der Waals surface area contributed by atoms with Crippen LogP contribution in [-0.2, 0) is 6.42 Å². The molecule has 1 aliphatic carbocycles. The summed E-state index contributed by atoms with van der Waals surface area (Å²) in [6, 6.07) is 5.83. The zero-order valence-electron chi connectivity index (χ0n) is 12.0. The Bertz CT molecular complexity index is 636. The van der Waals surface area contributed by atoms with Gasteiger partial charge in [-0.05, 0) is 24.3 Å². The monoisotopic (exact) mass is 289 g/mol. The van der Waals surface area contributed by atoms with Gasteiger partial charge in [0.1, 0.15) is 10.7 Å². The van der Waals surface area contributed by atoms with Crippen molar-refractivity contribution in [1.82, 2.24) is 9.97 Å². The van der Waals surface area contributed by atoms with Crippen LogP contribution < -0.4 is 10.5 Å². The van der Waals surface area contributed by atoms with Crippen LogP contribution in [0.3, 0.4) is 0 Å². The molecule has 20 heavy (non-hydrogen) atoms. The summed E-state index contributed by atoms with van der Waals surface area (Å²) >= 11 is 1.66. The summed E-state index contributed by atoms with van der Waals surface area (Å²) in [5, 5.41) is 0.932. The van der Waals surface area contributed by atoms with Crippen molar-refractivity contribution in [3.63, 3.8) is 0 Å². The molecule has 1 atom stereocenters. The molecular formula is C15H19N3OS. The summed E-state index contributed by atoms with van der Waals surface area (Å²) in [5.74, 6) is 0.611. The highest BCUT2D eigenvalue weighted by Crippen LogP contribution is 2.43. The molecule has 2 heterocycles. The van der Waals surface area contributed by atoms with E-state index in [4.69, 9.17) is 15.5 Å². The van der Waals surface area contributed by atoms with Gasteiger partial charge in [-0.15, -0.1) is 11.3 Å². The van der Waals surface area contributed by atoms with E-state index in [0.29, 0.717) is 5.88 Å². The third-order valence-electron chi connectivity index (χ3n) is 3.63. The van der Waals surface area contributed by atoms with Crippen LogP contribution in [-0.4, -0.2) is 17.1 Å². The number of nitrogens with two attached hydrogens (primary N) is 1. The summed E-state index contributed by atoms with van der Waals surface area (Å²) in [6.45, 7) is 4.50. The lowest BCUT2D eigenvalue weighted by molar-refractivity contribution is 0.282. The number of ether oxygens (including phenoxy) is 1. The van der Waals surface area contributed by atoms with Crippen molar-refractivity contribution >= 4 is 11.3 Å². The Labute approximate surface area is 123 Å². The molecule has 2 aromatic heterocycles. The Morgan fingerprint density at radius 2 is 2.15 bits per heavy atom. The quantitative estimate of drug-likeness (QED) is 0.922. The molecule has 1 aliphatic rings. The maximum absolute atomic E-state index is 6.29. The van der Waals surface area contributed by atoms with E-state index >= 15 is 0 Å². The molecule has 0 aliphatic heterocycles. The molecule has 106 valence electrons. The number of methoxy groups -OCH3 is 1. The largest absolute Gasteiger partial charge is 0.481 e. The Morgan fingerprint density at radius 1 is 1.35 bits per heavy atom. The van der Waals surface area contributed by atoms with Crippen LogP contribution in [0.25, 0.3) is 10.7 Å². The molecule has 1 unspecified atom stereocenters. The van der Waals surface area contributed by atoms with Gasteiger partial charge in [-0.2, -0.15) is 0 Å². The Morgan fingerprint density at radius 3 is 2.90 bits per heavy atom. The van der Waals surface area contributed by atoms with Crippen molar-refractivity contribution in [1.29, 1.82) is 0 Å². The first-order valence-electron chi connectivity index (χ1n) is 6.75. The summed E-state index contributed by atoms with van der Waals surface area (Å²) < 4.78 is 5.17. The van der Waals surface area contributed by atoms with Crippen LogP contribution in [0, 0.1) is 5.41 Å². The van der Waals surface area contributed by atoms with Crippen LogP contribution in [0.2, 0.25) is 0 Å². The summed E-state index contributed by atoms with van der Waals surface area (Å²) in [5.41, 5.74) is 8.51. The van der Waals surface area contributed by atoms with E-state index in [9.17, 15) is 0 Å². The zero-order valence-corrected chi connectivity index (χ0v) is 12.8. The molecule has 5 heteroatoms. The first kappa shape index (κ1) is 13.5. The molecule has 0 amide bonds. The fourth-order valence-electron chi connectivity index (χ4n) is 2.75. The highest BCUT2D eigenvalue weighted by Gasteiger charge is 2.33. The SMILES string of the molecule is COc1cccc(-c2nc3c(s2)C(N)CC(C)(C)C3)n1. The lowest BCUT2D eigenvalue weighted by Gasteiger charge is -2.32. The second-order valence-electron chi connectivity index (χ2n) is 6.05. The summed E-state index contributed by atoms with van der Waals surface area (Å²) in [7, 11) is 1.62. The van der Waals surface area contributed by atoms with E-state index in [-0.39, 0.29) is 11.5 Å². The second-order valence-corrected chi connectivity index (χ2v) is 7.08. The number of fused-ring (bicyclic) bond motifs is 1. The minimum atomic E-state index is 0.0885. The van der Waals surface area contributed by atoms with Gasteiger partial charge in [-0.3, -0.25) is 0 Å². The number of hydrogen-bond donors (Lipinski definition) is 1. The molecule has 4 nitrogen and oxygen atoms in total. The first-order chi connectivity index (χ1) is 9.48. The van der Waals surface area contributed by atoms with Crippen LogP contribution in [0.5, 0.6) is 5.88 Å². The van der Waals surface area contributed by atoms with Gasteiger partial charge >= 0.3 is 0 Å². The number of aromatic nitrogens is 2. The fraction of sp³-hybridized carbons (Fsp3) is 0.467. The molecule has 0 spiro atoms. The number of thiazole rings is 1. The molecule has 3 rings (SSSR count). The van der Waals surface area contributed by atoms with Gasteiger partial charge in [0.15, 0.2) is 0 Å². The number of pyridine rings is 1. The smallest absolute Gasteiger partial charge is 0.213 e. The molecule has 0 bridgehead atoms. The standard InChI is InChI=1S/C15H19N3OS/c1-15(2)7-9(16)13-11(8-15)18-14(20-13)10-5-4-6-12(17-10)19-3/h4-6,9H,7-8,16H2,1-3H3. The van der Waals surface area contributed by atoms with E-state index in [1.54, 1.807) is 18.4 Å². The highest BCUT2D eigenvalue weighted by molar-refractivity contribution is 7.15. The van der Waals surface area contributed by atoms with Gasteiger partial charge in [-0.1, -0.05) is 19.9 Å². The van der Waals surface area contributed by atoms with E-state index in [1.165, 1.54) is 4.88 Å². The average Bonchev–Trinajstić information content (AvgIpc) is 2.81. The van der Waals surface area contributed by atoms with E-state index in [1.807, 2.05) is 18.2 Å². The topological polar surface area (TPSA) is 61.0 Å². The molecule has 0 saturated carbocycles. The van der Waals surface area contributed by atoms with Crippen molar-refractivity contribution in [3.05, 3.63) is 28.8 Å². The number of hydrogen-bond acceptors (Lipinski definition) is 5. The van der Waals surface area contributed by atoms with Gasteiger partial charge in [0.05, 0.1) is 12.8 Å². The Hall–Kier alpha value is -1.46. The van der Waals surface area contributed by atoms with E-state index < -0.39 is 0 Å². The molecule has 2 N–H and O–H groups in total.